The molecule has 0 aromatic carbocycles. The predicted octanol–water partition coefficient (Wildman–Crippen LogP) is 3.44. The standard InChI is InChI=1S/C18H36N2O/c1-16(2,3)19-13-18(9-7-6-8-10-18)14-20-11-12-21-15-17(20,4)5/h19H,6-15H2,1-5H3. The Morgan fingerprint density at radius 1 is 1.10 bits per heavy atom. The normalized spacial score (nSPS) is 26.7. The van der Waals surface area contributed by atoms with E-state index >= 15 is 0 Å². The van der Waals surface area contributed by atoms with Crippen molar-refractivity contribution < 1.29 is 4.74 Å². The van der Waals surface area contributed by atoms with Crippen molar-refractivity contribution in [3.63, 3.8) is 0 Å². The molecule has 2 fully saturated rings. The van der Waals surface area contributed by atoms with Crippen LogP contribution < -0.4 is 5.32 Å². The average molecular weight is 296 g/mol. The molecule has 0 bridgehead atoms. The van der Waals surface area contributed by atoms with Gasteiger partial charge in [-0.1, -0.05) is 19.3 Å². The van der Waals surface area contributed by atoms with E-state index in [1.54, 1.807) is 0 Å². The third kappa shape index (κ3) is 4.94. The van der Waals surface area contributed by atoms with Gasteiger partial charge >= 0.3 is 0 Å². The summed E-state index contributed by atoms with van der Waals surface area (Å²) < 4.78 is 5.69. The van der Waals surface area contributed by atoms with Crippen LogP contribution in [0.2, 0.25) is 0 Å². The molecule has 0 radical (unpaired) electrons. The minimum absolute atomic E-state index is 0.185. The van der Waals surface area contributed by atoms with E-state index in [1.165, 1.54) is 38.6 Å². The molecule has 1 aliphatic carbocycles. The van der Waals surface area contributed by atoms with Gasteiger partial charge in [-0.15, -0.1) is 0 Å². The van der Waals surface area contributed by atoms with Crippen LogP contribution in [0.4, 0.5) is 0 Å². The van der Waals surface area contributed by atoms with Crippen LogP contribution in [0, 0.1) is 5.41 Å². The summed E-state index contributed by atoms with van der Waals surface area (Å²) in [4.78, 5) is 2.69. The third-order valence-corrected chi connectivity index (χ3v) is 5.25. The summed E-state index contributed by atoms with van der Waals surface area (Å²) in [6.07, 6.45) is 6.98. The molecular formula is C18H36N2O. The summed E-state index contributed by atoms with van der Waals surface area (Å²) in [5, 5.41) is 3.79. The Labute approximate surface area is 131 Å². The lowest BCUT2D eigenvalue weighted by atomic mass is 9.72. The number of hydrogen-bond donors (Lipinski definition) is 1. The Morgan fingerprint density at radius 3 is 2.33 bits per heavy atom. The van der Waals surface area contributed by atoms with Crippen molar-refractivity contribution in [3.05, 3.63) is 0 Å². The molecule has 0 aromatic heterocycles. The first kappa shape index (κ1) is 17.2. The highest BCUT2D eigenvalue weighted by Crippen LogP contribution is 2.38. The molecule has 0 spiro atoms. The van der Waals surface area contributed by atoms with Crippen molar-refractivity contribution >= 4 is 0 Å². The Bertz CT molecular complexity index is 327. The fourth-order valence-electron chi connectivity index (χ4n) is 3.73. The molecule has 124 valence electrons. The van der Waals surface area contributed by atoms with Crippen LogP contribution in [0.1, 0.15) is 66.7 Å². The Balaban J connectivity index is 2.04. The fraction of sp³-hybridized carbons (Fsp3) is 1.00. The van der Waals surface area contributed by atoms with Gasteiger partial charge in [0.25, 0.3) is 0 Å². The van der Waals surface area contributed by atoms with Gasteiger partial charge in [0.05, 0.1) is 13.2 Å². The number of nitrogens with one attached hydrogen (secondary N) is 1. The summed E-state index contributed by atoms with van der Waals surface area (Å²) in [5.41, 5.74) is 0.857. The van der Waals surface area contributed by atoms with Crippen molar-refractivity contribution in [3.8, 4) is 0 Å². The molecular weight excluding hydrogens is 260 g/mol. The second-order valence-corrected chi connectivity index (χ2v) is 8.95. The topological polar surface area (TPSA) is 24.5 Å². The van der Waals surface area contributed by atoms with E-state index in [4.69, 9.17) is 4.74 Å². The summed E-state index contributed by atoms with van der Waals surface area (Å²) in [6.45, 7) is 16.7. The van der Waals surface area contributed by atoms with Crippen molar-refractivity contribution in [2.75, 3.05) is 32.8 Å². The van der Waals surface area contributed by atoms with E-state index in [9.17, 15) is 0 Å². The molecule has 3 nitrogen and oxygen atoms in total. The molecule has 1 heterocycles. The zero-order valence-corrected chi connectivity index (χ0v) is 14.9. The molecule has 3 heteroatoms. The number of morpholine rings is 1. The Hall–Kier alpha value is -0.120. The van der Waals surface area contributed by atoms with E-state index in [0.29, 0.717) is 5.41 Å². The first-order chi connectivity index (χ1) is 9.73. The van der Waals surface area contributed by atoms with Gasteiger partial charge in [-0.2, -0.15) is 0 Å². The highest BCUT2D eigenvalue weighted by Gasteiger charge is 2.39. The summed E-state index contributed by atoms with van der Waals surface area (Å²) in [6, 6.07) is 0. The quantitative estimate of drug-likeness (QED) is 0.860. The number of ether oxygens (including phenoxy) is 1. The second kappa shape index (κ2) is 6.55. The zero-order chi connectivity index (χ0) is 15.6. The molecule has 21 heavy (non-hydrogen) atoms. The molecule has 1 saturated carbocycles. The molecule has 2 aliphatic rings. The number of rotatable bonds is 4. The van der Waals surface area contributed by atoms with E-state index in [0.717, 1.165) is 26.3 Å². The predicted molar refractivity (Wildman–Crippen MR) is 89.7 cm³/mol. The second-order valence-electron chi connectivity index (χ2n) is 8.95. The Kier molecular flexibility index (Phi) is 5.38. The lowest BCUT2D eigenvalue weighted by Gasteiger charge is -2.49. The third-order valence-electron chi connectivity index (χ3n) is 5.25. The minimum Gasteiger partial charge on any atom is -0.378 e. The van der Waals surface area contributed by atoms with Gasteiger partial charge in [-0.3, -0.25) is 4.90 Å². The lowest BCUT2D eigenvalue weighted by molar-refractivity contribution is -0.0732. The van der Waals surface area contributed by atoms with Crippen molar-refractivity contribution in [2.24, 2.45) is 5.41 Å². The first-order valence-corrected chi connectivity index (χ1v) is 8.80. The highest BCUT2D eigenvalue weighted by atomic mass is 16.5. The van der Waals surface area contributed by atoms with E-state index in [2.05, 4.69) is 44.8 Å². The fourth-order valence-corrected chi connectivity index (χ4v) is 3.73. The summed E-state index contributed by atoms with van der Waals surface area (Å²) in [5.74, 6) is 0. The molecule has 1 aliphatic heterocycles. The van der Waals surface area contributed by atoms with E-state index < -0.39 is 0 Å². The van der Waals surface area contributed by atoms with Gasteiger partial charge < -0.3 is 10.1 Å². The molecule has 0 atom stereocenters. The van der Waals surface area contributed by atoms with E-state index in [-0.39, 0.29) is 11.1 Å². The van der Waals surface area contributed by atoms with E-state index in [1.807, 2.05) is 0 Å². The largest absolute Gasteiger partial charge is 0.378 e. The maximum Gasteiger partial charge on any atom is 0.0645 e. The minimum atomic E-state index is 0.185. The van der Waals surface area contributed by atoms with Crippen LogP contribution in [0.25, 0.3) is 0 Å². The van der Waals surface area contributed by atoms with Gasteiger partial charge in [-0.05, 0) is 52.9 Å². The van der Waals surface area contributed by atoms with Crippen molar-refractivity contribution in [2.45, 2.75) is 77.8 Å². The molecule has 0 aromatic rings. The van der Waals surface area contributed by atoms with Crippen LogP contribution in [0.3, 0.4) is 0 Å². The average Bonchev–Trinajstić information content (AvgIpc) is 2.40. The maximum atomic E-state index is 5.69. The SMILES string of the molecule is CC(C)(C)NCC1(CN2CCOCC2(C)C)CCCCC1. The van der Waals surface area contributed by atoms with Gasteiger partial charge in [0, 0.05) is 30.7 Å². The van der Waals surface area contributed by atoms with Crippen LogP contribution in [0.5, 0.6) is 0 Å². The van der Waals surface area contributed by atoms with Gasteiger partial charge in [0.1, 0.15) is 0 Å². The summed E-state index contributed by atoms with van der Waals surface area (Å²) >= 11 is 0. The molecule has 0 unspecified atom stereocenters. The number of hydrogen-bond acceptors (Lipinski definition) is 3. The van der Waals surface area contributed by atoms with Crippen molar-refractivity contribution in [1.29, 1.82) is 0 Å². The molecule has 2 rings (SSSR count). The van der Waals surface area contributed by atoms with Gasteiger partial charge in [0.15, 0.2) is 0 Å². The monoisotopic (exact) mass is 296 g/mol. The zero-order valence-electron chi connectivity index (χ0n) is 14.9. The van der Waals surface area contributed by atoms with Crippen LogP contribution in [-0.2, 0) is 4.74 Å². The number of nitrogens with zero attached hydrogens (tertiary/aromatic N) is 1. The molecule has 1 saturated heterocycles. The van der Waals surface area contributed by atoms with Gasteiger partial charge in [-0.25, -0.2) is 0 Å². The molecule has 1 N–H and O–H groups in total. The lowest BCUT2D eigenvalue weighted by Crippen LogP contribution is -2.58. The smallest absolute Gasteiger partial charge is 0.0645 e. The summed E-state index contributed by atoms with van der Waals surface area (Å²) in [7, 11) is 0. The van der Waals surface area contributed by atoms with Crippen LogP contribution in [-0.4, -0.2) is 48.8 Å². The molecule has 0 amide bonds. The Morgan fingerprint density at radius 2 is 1.76 bits per heavy atom. The van der Waals surface area contributed by atoms with Crippen LogP contribution >= 0.6 is 0 Å². The van der Waals surface area contributed by atoms with Crippen molar-refractivity contribution in [1.82, 2.24) is 10.2 Å². The highest BCUT2D eigenvalue weighted by molar-refractivity contribution is 4.94. The first-order valence-electron chi connectivity index (χ1n) is 8.80. The van der Waals surface area contributed by atoms with Gasteiger partial charge in [0.2, 0.25) is 0 Å². The maximum absolute atomic E-state index is 5.69. The van der Waals surface area contributed by atoms with Crippen LogP contribution in [0.15, 0.2) is 0 Å².